The highest BCUT2D eigenvalue weighted by Gasteiger charge is 2.28. The maximum Gasteiger partial charge on any atom is 0.242 e. The Bertz CT molecular complexity index is 916. The van der Waals surface area contributed by atoms with Gasteiger partial charge in [-0.1, -0.05) is 70.2 Å². The van der Waals surface area contributed by atoms with Gasteiger partial charge in [0.15, 0.2) is 0 Å². The molecule has 1 N–H and O–H groups in total. The van der Waals surface area contributed by atoms with Crippen molar-refractivity contribution in [1.29, 1.82) is 0 Å². The Morgan fingerprint density at radius 2 is 1.83 bits per heavy atom. The molecule has 1 saturated carbocycles. The normalized spacial score (nSPS) is 15.1. The SMILES string of the molecule is C[C@H](C(=O)NC1CCCC1)N(Cc1cccc(Br)c1)C(=O)Cc1ccc(Cl)c(Cl)c1. The lowest BCUT2D eigenvalue weighted by Crippen LogP contribution is -2.50. The van der Waals surface area contributed by atoms with Crippen molar-refractivity contribution in [2.75, 3.05) is 0 Å². The van der Waals surface area contributed by atoms with Crippen LogP contribution in [0, 0.1) is 0 Å². The summed E-state index contributed by atoms with van der Waals surface area (Å²) in [6, 6.07) is 12.5. The minimum Gasteiger partial charge on any atom is -0.352 e. The first-order valence-corrected chi connectivity index (χ1v) is 11.7. The fourth-order valence-corrected chi connectivity index (χ4v) is 4.50. The molecule has 0 bridgehead atoms. The van der Waals surface area contributed by atoms with Crippen LogP contribution in [0.3, 0.4) is 0 Å². The van der Waals surface area contributed by atoms with Gasteiger partial charge < -0.3 is 10.2 Å². The number of hydrogen-bond acceptors (Lipinski definition) is 2. The summed E-state index contributed by atoms with van der Waals surface area (Å²) in [6.45, 7) is 2.13. The van der Waals surface area contributed by atoms with Gasteiger partial charge in [0.25, 0.3) is 0 Å². The maximum absolute atomic E-state index is 13.2. The maximum atomic E-state index is 13.2. The highest BCUT2D eigenvalue weighted by Crippen LogP contribution is 2.24. The molecule has 1 atom stereocenters. The minimum absolute atomic E-state index is 0.112. The van der Waals surface area contributed by atoms with Crippen LogP contribution in [-0.2, 0) is 22.6 Å². The quantitative estimate of drug-likeness (QED) is 0.512. The molecule has 0 aromatic heterocycles. The third-order valence-electron chi connectivity index (χ3n) is 5.45. The zero-order valence-corrected chi connectivity index (χ0v) is 19.9. The molecule has 0 aliphatic heterocycles. The summed E-state index contributed by atoms with van der Waals surface area (Å²) < 4.78 is 0.931. The van der Waals surface area contributed by atoms with Crippen molar-refractivity contribution in [3.63, 3.8) is 0 Å². The Hall–Kier alpha value is -1.56. The second-order valence-electron chi connectivity index (χ2n) is 7.74. The monoisotopic (exact) mass is 510 g/mol. The smallest absolute Gasteiger partial charge is 0.242 e. The molecule has 0 radical (unpaired) electrons. The van der Waals surface area contributed by atoms with Gasteiger partial charge in [-0.25, -0.2) is 0 Å². The molecule has 2 aromatic carbocycles. The first-order valence-electron chi connectivity index (χ1n) is 10.1. The van der Waals surface area contributed by atoms with Gasteiger partial charge in [-0.05, 0) is 55.2 Å². The molecule has 1 aliphatic carbocycles. The molecule has 2 amide bonds. The molecule has 1 aliphatic rings. The van der Waals surface area contributed by atoms with E-state index in [2.05, 4.69) is 21.2 Å². The van der Waals surface area contributed by atoms with E-state index in [4.69, 9.17) is 23.2 Å². The molecular weight excluding hydrogens is 487 g/mol. The number of benzene rings is 2. The summed E-state index contributed by atoms with van der Waals surface area (Å²) in [5, 5.41) is 3.97. The van der Waals surface area contributed by atoms with E-state index in [-0.39, 0.29) is 24.3 Å². The molecular formula is C23H25BrCl2N2O2. The fourth-order valence-electron chi connectivity index (χ4n) is 3.73. The van der Waals surface area contributed by atoms with Crippen LogP contribution in [0.25, 0.3) is 0 Å². The first kappa shape index (κ1) is 23.1. The number of rotatable bonds is 7. The van der Waals surface area contributed by atoms with Gasteiger partial charge in [0, 0.05) is 17.1 Å². The van der Waals surface area contributed by atoms with Crippen molar-refractivity contribution in [2.45, 2.75) is 57.7 Å². The van der Waals surface area contributed by atoms with E-state index >= 15 is 0 Å². The Balaban J connectivity index is 1.78. The van der Waals surface area contributed by atoms with Crippen LogP contribution in [-0.4, -0.2) is 28.8 Å². The predicted octanol–water partition coefficient (Wildman–Crippen LogP) is 5.77. The Morgan fingerprint density at radius 1 is 1.10 bits per heavy atom. The Labute approximate surface area is 196 Å². The highest BCUT2D eigenvalue weighted by atomic mass is 79.9. The van der Waals surface area contributed by atoms with Crippen molar-refractivity contribution < 1.29 is 9.59 Å². The molecule has 30 heavy (non-hydrogen) atoms. The third-order valence-corrected chi connectivity index (χ3v) is 6.68. The average molecular weight is 512 g/mol. The van der Waals surface area contributed by atoms with E-state index in [1.165, 1.54) is 0 Å². The molecule has 1 fully saturated rings. The standard InChI is InChI=1S/C23H25BrCl2N2O2/c1-15(23(30)27-19-7-2-3-8-19)28(14-17-5-4-6-18(24)11-17)22(29)13-16-9-10-20(25)21(26)12-16/h4-6,9-12,15,19H,2-3,7-8,13-14H2,1H3,(H,27,30)/t15-/m1/s1. The number of carbonyl (C=O) groups excluding carboxylic acids is 2. The molecule has 0 heterocycles. The van der Waals surface area contributed by atoms with E-state index in [0.29, 0.717) is 16.6 Å². The lowest BCUT2D eigenvalue weighted by atomic mass is 10.1. The van der Waals surface area contributed by atoms with Crippen molar-refractivity contribution >= 4 is 50.9 Å². The Kier molecular flexibility index (Phi) is 8.20. The van der Waals surface area contributed by atoms with Crippen LogP contribution < -0.4 is 5.32 Å². The molecule has 0 spiro atoms. The highest BCUT2D eigenvalue weighted by molar-refractivity contribution is 9.10. The van der Waals surface area contributed by atoms with Crippen molar-refractivity contribution in [3.8, 4) is 0 Å². The lowest BCUT2D eigenvalue weighted by Gasteiger charge is -2.30. The van der Waals surface area contributed by atoms with Crippen molar-refractivity contribution in [2.24, 2.45) is 0 Å². The molecule has 2 aromatic rings. The summed E-state index contributed by atoms with van der Waals surface area (Å²) in [5.41, 5.74) is 1.71. The van der Waals surface area contributed by atoms with E-state index in [0.717, 1.165) is 41.3 Å². The first-order chi connectivity index (χ1) is 14.3. The average Bonchev–Trinajstić information content (AvgIpc) is 3.21. The van der Waals surface area contributed by atoms with Gasteiger partial charge in [-0.2, -0.15) is 0 Å². The fraction of sp³-hybridized carbons (Fsp3) is 0.391. The molecule has 4 nitrogen and oxygen atoms in total. The zero-order valence-electron chi connectivity index (χ0n) is 16.8. The number of carbonyl (C=O) groups is 2. The summed E-state index contributed by atoms with van der Waals surface area (Å²) in [5.74, 6) is -0.248. The summed E-state index contributed by atoms with van der Waals surface area (Å²) in [7, 11) is 0. The van der Waals surface area contributed by atoms with Crippen LogP contribution >= 0.6 is 39.1 Å². The number of halogens is 3. The molecule has 7 heteroatoms. The number of nitrogens with one attached hydrogen (secondary N) is 1. The number of hydrogen-bond donors (Lipinski definition) is 1. The second-order valence-corrected chi connectivity index (χ2v) is 9.47. The molecule has 0 unspecified atom stereocenters. The molecule has 0 saturated heterocycles. The third kappa shape index (κ3) is 6.22. The second kappa shape index (κ2) is 10.7. The minimum atomic E-state index is -0.583. The van der Waals surface area contributed by atoms with Crippen molar-refractivity contribution in [3.05, 3.63) is 68.1 Å². The lowest BCUT2D eigenvalue weighted by molar-refractivity contribution is -0.140. The summed E-state index contributed by atoms with van der Waals surface area (Å²) in [4.78, 5) is 27.8. The van der Waals surface area contributed by atoms with E-state index in [9.17, 15) is 9.59 Å². The van der Waals surface area contributed by atoms with Gasteiger partial charge >= 0.3 is 0 Å². The summed E-state index contributed by atoms with van der Waals surface area (Å²) in [6.07, 6.45) is 4.42. The number of amides is 2. The van der Waals surface area contributed by atoms with Crippen molar-refractivity contribution in [1.82, 2.24) is 10.2 Å². The van der Waals surface area contributed by atoms with E-state index in [1.807, 2.05) is 24.3 Å². The summed E-state index contributed by atoms with van der Waals surface area (Å²) >= 11 is 15.6. The van der Waals surface area contributed by atoms with Gasteiger partial charge in [0.2, 0.25) is 11.8 Å². The predicted molar refractivity (Wildman–Crippen MR) is 125 cm³/mol. The van der Waals surface area contributed by atoms with Crippen LogP contribution in [0.15, 0.2) is 46.9 Å². The van der Waals surface area contributed by atoms with Gasteiger partial charge in [-0.15, -0.1) is 0 Å². The van der Waals surface area contributed by atoms with Gasteiger partial charge in [-0.3, -0.25) is 9.59 Å². The van der Waals surface area contributed by atoms with E-state index < -0.39 is 6.04 Å². The number of nitrogens with zero attached hydrogens (tertiary/aromatic N) is 1. The topological polar surface area (TPSA) is 49.4 Å². The largest absolute Gasteiger partial charge is 0.352 e. The van der Waals surface area contributed by atoms with Crippen LogP contribution in [0.2, 0.25) is 10.0 Å². The molecule has 160 valence electrons. The zero-order chi connectivity index (χ0) is 21.7. The van der Waals surface area contributed by atoms with E-state index in [1.54, 1.807) is 30.0 Å². The van der Waals surface area contributed by atoms with Crippen LogP contribution in [0.1, 0.15) is 43.7 Å². The van der Waals surface area contributed by atoms with Crippen LogP contribution in [0.5, 0.6) is 0 Å². The van der Waals surface area contributed by atoms with Gasteiger partial charge in [0.05, 0.1) is 16.5 Å². The van der Waals surface area contributed by atoms with Gasteiger partial charge in [0.1, 0.15) is 6.04 Å². The molecule has 3 rings (SSSR count). The van der Waals surface area contributed by atoms with Crippen LogP contribution in [0.4, 0.5) is 0 Å². The Morgan fingerprint density at radius 3 is 2.50 bits per heavy atom.